The standard InChI is InChI=1S/C19H37NO.C17H33NO.C4H6O2.C2H4O/c1-2-3-4-5-6-7-8-9-10-11-12-13-14-15-16-17-18-20-19-21;1-2-3-4-5-6-7-8-9-10-11-12-13-14-15-16-18-17-19;1-3-6-4(2)5;1-2-3/h2-18H2,1H3;2-16H2,1H3;3H,1H2,2H3;2-3H,1H2. The molecule has 0 aliphatic carbocycles. The summed E-state index contributed by atoms with van der Waals surface area (Å²) in [5.41, 5.74) is 0. The van der Waals surface area contributed by atoms with E-state index in [-0.39, 0.29) is 5.97 Å². The molecule has 1 N–H and O–H groups in total. The summed E-state index contributed by atoms with van der Waals surface area (Å²) < 4.78 is 4.17. The molecule has 0 saturated heterocycles. The monoisotopic (exact) mass is 693 g/mol. The van der Waals surface area contributed by atoms with Gasteiger partial charge in [-0.3, -0.25) is 4.79 Å². The number of hydrogen-bond donors (Lipinski definition) is 1. The Morgan fingerprint density at radius 1 is 0.510 bits per heavy atom. The van der Waals surface area contributed by atoms with Crippen LogP contribution in [0.3, 0.4) is 0 Å². The van der Waals surface area contributed by atoms with Gasteiger partial charge in [0.05, 0.1) is 25.6 Å². The van der Waals surface area contributed by atoms with Gasteiger partial charge in [0.2, 0.25) is 12.2 Å². The fraction of sp³-hybridized carbons (Fsp3) is 0.833. The highest BCUT2D eigenvalue weighted by atomic mass is 16.5. The molecule has 0 aromatic rings. The van der Waals surface area contributed by atoms with Crippen molar-refractivity contribution in [3.05, 3.63) is 25.7 Å². The Hall–Kier alpha value is -2.49. The van der Waals surface area contributed by atoms with Gasteiger partial charge in [0.15, 0.2) is 0 Å². The van der Waals surface area contributed by atoms with E-state index in [2.05, 4.69) is 41.7 Å². The molecule has 0 rings (SSSR count). The lowest BCUT2D eigenvalue weighted by Crippen LogP contribution is -1.87. The molecule has 0 radical (unpaired) electrons. The quantitative estimate of drug-likeness (QED) is 0.0242. The molecule has 0 aromatic heterocycles. The fourth-order valence-corrected chi connectivity index (χ4v) is 5.33. The van der Waals surface area contributed by atoms with Gasteiger partial charge in [-0.25, -0.2) is 19.6 Å². The second-order valence-electron chi connectivity index (χ2n) is 12.8. The van der Waals surface area contributed by atoms with E-state index in [1.165, 1.54) is 187 Å². The lowest BCUT2D eigenvalue weighted by molar-refractivity contribution is -0.135. The maximum Gasteiger partial charge on any atom is 0.307 e. The highest BCUT2D eigenvalue weighted by Gasteiger charge is 1.95. The molecule has 7 nitrogen and oxygen atoms in total. The van der Waals surface area contributed by atoms with Crippen LogP contribution >= 0.6 is 0 Å². The van der Waals surface area contributed by atoms with E-state index >= 15 is 0 Å². The summed E-state index contributed by atoms with van der Waals surface area (Å²) in [7, 11) is 0. The summed E-state index contributed by atoms with van der Waals surface area (Å²) in [6, 6.07) is 0. The number of rotatable bonds is 33. The van der Waals surface area contributed by atoms with Crippen LogP contribution in [0.4, 0.5) is 0 Å². The Morgan fingerprint density at radius 3 is 0.857 bits per heavy atom. The highest BCUT2D eigenvalue weighted by Crippen LogP contribution is 2.14. The predicted molar refractivity (Wildman–Crippen MR) is 211 cm³/mol. The molecular weight excluding hydrogens is 612 g/mol. The lowest BCUT2D eigenvalue weighted by atomic mass is 10.0. The van der Waals surface area contributed by atoms with Crippen LogP contribution in [0.2, 0.25) is 0 Å². The van der Waals surface area contributed by atoms with Gasteiger partial charge in [-0.2, -0.15) is 0 Å². The Morgan fingerprint density at radius 2 is 0.714 bits per heavy atom. The van der Waals surface area contributed by atoms with Crippen molar-refractivity contribution in [1.29, 1.82) is 0 Å². The van der Waals surface area contributed by atoms with Crippen molar-refractivity contribution in [2.75, 3.05) is 13.1 Å². The molecule has 0 saturated carbocycles. The summed E-state index contributed by atoms with van der Waals surface area (Å²) in [6.07, 6.45) is 46.1. The van der Waals surface area contributed by atoms with Gasteiger partial charge < -0.3 is 9.84 Å². The first-order chi connectivity index (χ1) is 24.0. The minimum Gasteiger partial charge on any atom is -0.516 e. The molecule has 0 unspecified atom stereocenters. The van der Waals surface area contributed by atoms with Crippen LogP contribution in [0.1, 0.15) is 213 Å². The second kappa shape index (κ2) is 57.8. The van der Waals surface area contributed by atoms with Gasteiger partial charge in [-0.15, -0.1) is 0 Å². The SMILES string of the molecule is C=CO.C=COC(C)=O.CCCCCCCCCCCCCCCCCCN=C=O.CCCCCCCCCCCCCCCCN=C=O. The summed E-state index contributed by atoms with van der Waals surface area (Å²) in [5.74, 6) is -0.329. The number of aliphatic hydroxyl groups is 1. The third kappa shape index (κ3) is 72.3. The molecule has 0 aliphatic heterocycles. The number of carbonyl (C=O) groups excluding carboxylic acids is 3. The van der Waals surface area contributed by atoms with Gasteiger partial charge in [0.1, 0.15) is 0 Å². The smallest absolute Gasteiger partial charge is 0.307 e. The molecule has 49 heavy (non-hydrogen) atoms. The van der Waals surface area contributed by atoms with Crippen molar-refractivity contribution in [3.63, 3.8) is 0 Å². The number of aliphatic hydroxyl groups excluding tert-OH is 1. The van der Waals surface area contributed by atoms with E-state index in [4.69, 9.17) is 5.11 Å². The van der Waals surface area contributed by atoms with Crippen LogP contribution < -0.4 is 0 Å². The normalized spacial score (nSPS) is 9.61. The summed E-state index contributed by atoms with van der Waals surface area (Å²) in [6.45, 7) is 13.3. The van der Waals surface area contributed by atoms with Gasteiger partial charge in [0, 0.05) is 6.92 Å². The van der Waals surface area contributed by atoms with E-state index < -0.39 is 0 Å². The maximum atomic E-state index is 9.87. The molecular formula is C42H80N2O5. The number of hydrogen-bond acceptors (Lipinski definition) is 7. The maximum absolute atomic E-state index is 9.87. The molecule has 0 heterocycles. The average Bonchev–Trinajstić information content (AvgIpc) is 3.09. The Kier molecular flexibility index (Phi) is 62.8. The van der Waals surface area contributed by atoms with Crippen molar-refractivity contribution in [1.82, 2.24) is 0 Å². The number of isocyanates is 2. The molecule has 0 amide bonds. The van der Waals surface area contributed by atoms with Crippen LogP contribution in [0.25, 0.3) is 0 Å². The van der Waals surface area contributed by atoms with E-state index in [0.29, 0.717) is 13.1 Å². The first-order valence-corrected chi connectivity index (χ1v) is 20.1. The van der Waals surface area contributed by atoms with E-state index in [1.54, 1.807) is 12.2 Å². The minimum atomic E-state index is -0.329. The number of unbranched alkanes of at least 4 members (excludes halogenated alkanes) is 28. The summed E-state index contributed by atoms with van der Waals surface area (Å²) in [4.78, 5) is 36.6. The summed E-state index contributed by atoms with van der Waals surface area (Å²) >= 11 is 0. The van der Waals surface area contributed by atoms with Crippen LogP contribution in [0, 0.1) is 0 Å². The topological polar surface area (TPSA) is 105 Å². The Bertz CT molecular complexity index is 731. The number of esters is 1. The largest absolute Gasteiger partial charge is 0.516 e. The minimum absolute atomic E-state index is 0.329. The average molecular weight is 693 g/mol. The van der Waals surface area contributed by atoms with Crippen molar-refractivity contribution < 1.29 is 24.2 Å². The number of aliphatic imine (C=N–C) groups is 2. The molecule has 0 bridgehead atoms. The van der Waals surface area contributed by atoms with Gasteiger partial charge in [-0.05, 0) is 12.8 Å². The first kappa shape index (κ1) is 53.3. The molecule has 0 spiro atoms. The van der Waals surface area contributed by atoms with Crippen molar-refractivity contribution >= 4 is 18.1 Å². The highest BCUT2D eigenvalue weighted by molar-refractivity contribution is 5.66. The zero-order valence-electron chi connectivity index (χ0n) is 32.7. The van der Waals surface area contributed by atoms with Crippen molar-refractivity contribution in [2.24, 2.45) is 9.98 Å². The predicted octanol–water partition coefficient (Wildman–Crippen LogP) is 13.8. The Balaban J connectivity index is -0.000000332. The number of carbonyl (C=O) groups is 1. The lowest BCUT2D eigenvalue weighted by Gasteiger charge is -2.03. The van der Waals surface area contributed by atoms with Gasteiger partial charge in [0.25, 0.3) is 0 Å². The van der Waals surface area contributed by atoms with Gasteiger partial charge in [-0.1, -0.05) is 207 Å². The third-order valence-corrected chi connectivity index (χ3v) is 8.13. The van der Waals surface area contributed by atoms with Gasteiger partial charge >= 0.3 is 5.97 Å². The van der Waals surface area contributed by atoms with Crippen molar-refractivity contribution in [2.45, 2.75) is 213 Å². The molecule has 0 atom stereocenters. The van der Waals surface area contributed by atoms with Crippen LogP contribution in [0.15, 0.2) is 35.7 Å². The van der Waals surface area contributed by atoms with E-state index in [1.807, 2.05) is 0 Å². The fourth-order valence-electron chi connectivity index (χ4n) is 5.33. The zero-order valence-corrected chi connectivity index (χ0v) is 32.7. The van der Waals surface area contributed by atoms with E-state index in [9.17, 15) is 14.4 Å². The number of ether oxygens (including phenoxy) is 1. The Labute approximate surface area is 304 Å². The van der Waals surface area contributed by atoms with Crippen LogP contribution in [0.5, 0.6) is 0 Å². The third-order valence-electron chi connectivity index (χ3n) is 8.13. The zero-order chi connectivity index (χ0) is 37.2. The second-order valence-corrected chi connectivity index (χ2v) is 12.8. The molecule has 0 aliphatic rings. The molecule has 288 valence electrons. The summed E-state index contributed by atoms with van der Waals surface area (Å²) in [5, 5.41) is 7.33. The van der Waals surface area contributed by atoms with Crippen molar-refractivity contribution in [3.8, 4) is 0 Å². The van der Waals surface area contributed by atoms with Crippen LogP contribution in [-0.4, -0.2) is 36.3 Å². The van der Waals surface area contributed by atoms with E-state index in [0.717, 1.165) is 25.4 Å². The molecule has 7 heteroatoms. The molecule has 0 aromatic carbocycles. The number of nitrogens with zero attached hydrogens (tertiary/aromatic N) is 2. The molecule has 0 fully saturated rings. The first-order valence-electron chi connectivity index (χ1n) is 20.1. The van der Waals surface area contributed by atoms with Crippen LogP contribution in [-0.2, 0) is 19.1 Å².